The van der Waals surface area contributed by atoms with Gasteiger partial charge in [0.15, 0.2) is 0 Å². The van der Waals surface area contributed by atoms with Gasteiger partial charge in [0, 0.05) is 12.6 Å². The summed E-state index contributed by atoms with van der Waals surface area (Å²) in [5.41, 5.74) is 0. The van der Waals surface area contributed by atoms with Crippen molar-refractivity contribution >= 4 is 5.91 Å². The van der Waals surface area contributed by atoms with Gasteiger partial charge < -0.3 is 4.90 Å². The highest BCUT2D eigenvalue weighted by Gasteiger charge is 2.25. The van der Waals surface area contributed by atoms with E-state index in [9.17, 15) is 4.79 Å². The number of piperidine rings is 1. The van der Waals surface area contributed by atoms with Crippen molar-refractivity contribution < 1.29 is 4.79 Å². The van der Waals surface area contributed by atoms with Crippen LogP contribution in [0.1, 0.15) is 38.4 Å². The first-order valence-corrected chi connectivity index (χ1v) is 6.33. The topological polar surface area (TPSA) is 74.8 Å². The van der Waals surface area contributed by atoms with Gasteiger partial charge in [0.25, 0.3) is 5.82 Å². The molecule has 1 aromatic heterocycles. The molecule has 1 aliphatic rings. The molecular weight excluding hydrogens is 230 g/mol. The fraction of sp³-hybridized carbons (Fsp3) is 0.667. The van der Waals surface area contributed by atoms with E-state index >= 15 is 0 Å². The Kier molecular flexibility index (Phi) is 3.92. The van der Waals surface area contributed by atoms with Crippen LogP contribution in [0.15, 0.2) is 6.33 Å². The van der Waals surface area contributed by atoms with E-state index < -0.39 is 0 Å². The predicted octanol–water partition coefficient (Wildman–Crippen LogP) is 0.941. The Balaban J connectivity index is 2.00. The molecule has 2 heterocycles. The molecule has 1 aromatic rings. The van der Waals surface area contributed by atoms with Crippen molar-refractivity contribution in [3.05, 3.63) is 12.2 Å². The van der Waals surface area contributed by atoms with Gasteiger partial charge in [0.2, 0.25) is 5.91 Å². The number of amides is 1. The van der Waals surface area contributed by atoms with E-state index in [-0.39, 0.29) is 18.3 Å². The van der Waals surface area contributed by atoms with Crippen LogP contribution < -0.4 is 0 Å². The van der Waals surface area contributed by atoms with Crippen LogP contribution in [0.5, 0.6) is 0 Å². The number of hydrogen-bond donors (Lipinski definition) is 0. The normalized spacial score (nSPS) is 19.6. The van der Waals surface area contributed by atoms with Gasteiger partial charge in [-0.15, -0.1) is 5.10 Å². The Bertz CT molecular complexity index is 461. The zero-order valence-electron chi connectivity index (χ0n) is 10.5. The summed E-state index contributed by atoms with van der Waals surface area (Å²) in [5, 5.41) is 12.5. The molecule has 0 N–H and O–H groups in total. The molecule has 0 bridgehead atoms. The van der Waals surface area contributed by atoms with E-state index in [1.807, 2.05) is 11.0 Å². The van der Waals surface area contributed by atoms with Crippen molar-refractivity contribution in [1.29, 1.82) is 5.26 Å². The maximum atomic E-state index is 12.2. The van der Waals surface area contributed by atoms with E-state index in [2.05, 4.69) is 17.0 Å². The Morgan fingerprint density at radius 1 is 1.61 bits per heavy atom. The third-order valence-corrected chi connectivity index (χ3v) is 3.35. The van der Waals surface area contributed by atoms with Crippen molar-refractivity contribution in [3.8, 4) is 6.07 Å². The second-order valence-corrected chi connectivity index (χ2v) is 4.52. The third-order valence-electron chi connectivity index (χ3n) is 3.35. The van der Waals surface area contributed by atoms with Crippen molar-refractivity contribution in [1.82, 2.24) is 19.7 Å². The molecule has 0 aromatic carbocycles. The number of hydrogen-bond acceptors (Lipinski definition) is 4. The molecule has 6 heteroatoms. The van der Waals surface area contributed by atoms with Gasteiger partial charge in [-0.3, -0.25) is 4.79 Å². The first-order chi connectivity index (χ1) is 8.74. The molecular formula is C12H17N5O. The lowest BCUT2D eigenvalue weighted by Crippen LogP contribution is -2.44. The van der Waals surface area contributed by atoms with Gasteiger partial charge in [-0.25, -0.2) is 9.67 Å². The minimum atomic E-state index is 0.0657. The lowest BCUT2D eigenvalue weighted by Gasteiger charge is -2.35. The first kappa shape index (κ1) is 12.6. The summed E-state index contributed by atoms with van der Waals surface area (Å²) in [5.74, 6) is 0.171. The Morgan fingerprint density at radius 2 is 2.44 bits per heavy atom. The quantitative estimate of drug-likeness (QED) is 0.796. The summed E-state index contributed by atoms with van der Waals surface area (Å²) in [6.07, 6.45) is 5.78. The first-order valence-electron chi connectivity index (χ1n) is 6.33. The molecule has 1 amide bonds. The summed E-state index contributed by atoms with van der Waals surface area (Å²) in [6.45, 7) is 3.11. The molecule has 18 heavy (non-hydrogen) atoms. The van der Waals surface area contributed by atoms with Gasteiger partial charge in [0.1, 0.15) is 18.9 Å². The lowest BCUT2D eigenvalue weighted by atomic mass is 10.00. The summed E-state index contributed by atoms with van der Waals surface area (Å²) >= 11 is 0. The Morgan fingerprint density at radius 3 is 3.11 bits per heavy atom. The van der Waals surface area contributed by atoms with Crippen molar-refractivity contribution in [2.24, 2.45) is 0 Å². The minimum Gasteiger partial charge on any atom is -0.338 e. The highest BCUT2D eigenvalue weighted by Crippen LogP contribution is 2.19. The van der Waals surface area contributed by atoms with Crippen LogP contribution in [0.25, 0.3) is 0 Å². The highest BCUT2D eigenvalue weighted by atomic mass is 16.2. The lowest BCUT2D eigenvalue weighted by molar-refractivity contribution is -0.135. The molecule has 1 aliphatic heterocycles. The number of likely N-dealkylation sites (tertiary alicyclic amines) is 1. The van der Waals surface area contributed by atoms with E-state index in [4.69, 9.17) is 5.26 Å². The third kappa shape index (κ3) is 2.67. The summed E-state index contributed by atoms with van der Waals surface area (Å²) in [7, 11) is 0. The van der Waals surface area contributed by atoms with Crippen LogP contribution in [-0.4, -0.2) is 38.2 Å². The van der Waals surface area contributed by atoms with Crippen molar-refractivity contribution in [2.45, 2.75) is 45.2 Å². The average Bonchev–Trinajstić information content (AvgIpc) is 2.86. The van der Waals surface area contributed by atoms with Crippen LogP contribution in [-0.2, 0) is 11.3 Å². The van der Waals surface area contributed by atoms with Crippen LogP contribution in [0.4, 0.5) is 0 Å². The smallest absolute Gasteiger partial charge is 0.252 e. The zero-order chi connectivity index (χ0) is 13.0. The zero-order valence-corrected chi connectivity index (χ0v) is 10.5. The molecule has 0 radical (unpaired) electrons. The number of rotatable bonds is 3. The number of aromatic nitrogens is 3. The largest absolute Gasteiger partial charge is 0.338 e. The van der Waals surface area contributed by atoms with Crippen LogP contribution in [0, 0.1) is 11.3 Å². The Hall–Kier alpha value is -1.90. The van der Waals surface area contributed by atoms with Gasteiger partial charge in [0.05, 0.1) is 0 Å². The van der Waals surface area contributed by atoms with Crippen molar-refractivity contribution in [2.75, 3.05) is 6.54 Å². The molecule has 1 unspecified atom stereocenters. The molecule has 0 aliphatic carbocycles. The van der Waals surface area contributed by atoms with E-state index in [1.54, 1.807) is 0 Å². The second-order valence-electron chi connectivity index (χ2n) is 4.52. The maximum Gasteiger partial charge on any atom is 0.252 e. The molecule has 96 valence electrons. The minimum absolute atomic E-state index is 0.0657. The SMILES string of the molecule is CCC1CCCCN1C(=O)Cn1cnc(C#N)n1. The fourth-order valence-corrected chi connectivity index (χ4v) is 2.40. The monoisotopic (exact) mass is 247 g/mol. The molecule has 0 spiro atoms. The number of carbonyl (C=O) groups is 1. The predicted molar refractivity (Wildman–Crippen MR) is 64.4 cm³/mol. The molecule has 0 saturated carbocycles. The van der Waals surface area contributed by atoms with Crippen LogP contribution >= 0.6 is 0 Å². The molecule has 1 saturated heterocycles. The number of nitrogens with zero attached hydrogens (tertiary/aromatic N) is 5. The highest BCUT2D eigenvalue weighted by molar-refractivity contribution is 5.76. The Labute approximate surface area is 106 Å². The molecule has 2 rings (SSSR count). The summed E-state index contributed by atoms with van der Waals surface area (Å²) in [6, 6.07) is 2.20. The van der Waals surface area contributed by atoms with Gasteiger partial charge in [-0.1, -0.05) is 6.92 Å². The molecule has 1 atom stereocenters. The molecule has 6 nitrogen and oxygen atoms in total. The number of carbonyl (C=O) groups excluding carboxylic acids is 1. The van der Waals surface area contributed by atoms with E-state index in [1.165, 1.54) is 17.4 Å². The van der Waals surface area contributed by atoms with E-state index in [0.717, 1.165) is 25.8 Å². The van der Waals surface area contributed by atoms with Crippen LogP contribution in [0.2, 0.25) is 0 Å². The van der Waals surface area contributed by atoms with Crippen LogP contribution in [0.3, 0.4) is 0 Å². The molecule has 1 fully saturated rings. The van der Waals surface area contributed by atoms with Gasteiger partial charge >= 0.3 is 0 Å². The number of nitriles is 1. The summed E-state index contributed by atoms with van der Waals surface area (Å²) in [4.78, 5) is 17.9. The van der Waals surface area contributed by atoms with Gasteiger partial charge in [-0.05, 0) is 25.7 Å². The van der Waals surface area contributed by atoms with E-state index in [0.29, 0.717) is 6.04 Å². The maximum absolute atomic E-state index is 12.2. The second kappa shape index (κ2) is 5.63. The fourth-order valence-electron chi connectivity index (χ4n) is 2.40. The van der Waals surface area contributed by atoms with Crippen molar-refractivity contribution in [3.63, 3.8) is 0 Å². The standard InChI is InChI=1S/C12H17N5O/c1-2-10-5-3-4-6-17(10)12(18)8-16-9-14-11(7-13)15-16/h9-10H,2-6,8H2,1H3. The van der Waals surface area contributed by atoms with Gasteiger partial charge in [-0.2, -0.15) is 5.26 Å². The summed E-state index contributed by atoms with van der Waals surface area (Å²) < 4.78 is 1.43. The average molecular weight is 247 g/mol.